The molecule has 10 heteroatoms. The first-order chi connectivity index (χ1) is 15.8. The lowest BCUT2D eigenvalue weighted by atomic mass is 10.2. The Morgan fingerprint density at radius 1 is 0.909 bits per heavy atom. The third kappa shape index (κ3) is 4.63. The first-order valence-corrected chi connectivity index (χ1v) is 10.2. The molecule has 3 N–H and O–H groups in total. The molecule has 0 bridgehead atoms. The summed E-state index contributed by atoms with van der Waals surface area (Å²) in [6, 6.07) is 14.5. The number of anilines is 2. The number of hydrogen-bond donors (Lipinski definition) is 3. The Labute approximate surface area is 191 Å². The second-order valence-corrected chi connectivity index (χ2v) is 7.91. The molecule has 0 radical (unpaired) electrons. The number of nitrogens with zero attached hydrogens (tertiary/aromatic N) is 1. The van der Waals surface area contributed by atoms with Crippen LogP contribution in [0.2, 0.25) is 5.02 Å². The van der Waals surface area contributed by atoms with Crippen molar-refractivity contribution in [2.24, 2.45) is 17.8 Å². The van der Waals surface area contributed by atoms with E-state index in [2.05, 4.69) is 10.6 Å². The van der Waals surface area contributed by atoms with E-state index in [0.717, 1.165) is 6.07 Å². The standard InChI is InChI=1S/C23H17ClFN3O5/c24-12-4-6-13(7-5-12)26-21(30)18-19(20(18)23(32)33)22(31)27-16-9-8-14(11-15(16)25)28-10-2-1-3-17(28)29/h1-11,18-20H,(H,26,30)(H,27,31)(H,32,33). The van der Waals surface area contributed by atoms with E-state index in [1.807, 2.05) is 0 Å². The van der Waals surface area contributed by atoms with Crippen LogP contribution in [0.4, 0.5) is 15.8 Å². The van der Waals surface area contributed by atoms with E-state index in [-0.39, 0.29) is 16.9 Å². The largest absolute Gasteiger partial charge is 0.481 e. The van der Waals surface area contributed by atoms with Gasteiger partial charge in [0.15, 0.2) is 0 Å². The van der Waals surface area contributed by atoms with Crippen molar-refractivity contribution in [1.29, 1.82) is 0 Å². The maximum Gasteiger partial charge on any atom is 0.308 e. The summed E-state index contributed by atoms with van der Waals surface area (Å²) in [6.07, 6.45) is 1.47. The van der Waals surface area contributed by atoms with Crippen molar-refractivity contribution in [2.75, 3.05) is 10.6 Å². The zero-order valence-corrected chi connectivity index (χ0v) is 17.6. The molecule has 1 aliphatic carbocycles. The quantitative estimate of drug-likeness (QED) is 0.512. The van der Waals surface area contributed by atoms with Gasteiger partial charge in [0.2, 0.25) is 11.8 Å². The first kappa shape index (κ1) is 22.2. The predicted molar refractivity (Wildman–Crippen MR) is 119 cm³/mol. The summed E-state index contributed by atoms with van der Waals surface area (Å²) >= 11 is 5.80. The predicted octanol–water partition coefficient (Wildman–Crippen LogP) is 3.15. The number of nitrogens with one attached hydrogen (secondary N) is 2. The van der Waals surface area contributed by atoms with E-state index >= 15 is 0 Å². The number of carboxylic acid groups (broad SMARTS) is 1. The zero-order valence-electron chi connectivity index (χ0n) is 16.9. The maximum atomic E-state index is 14.6. The van der Waals surface area contributed by atoms with E-state index in [1.54, 1.807) is 36.4 Å². The third-order valence-electron chi connectivity index (χ3n) is 5.33. The molecule has 8 nitrogen and oxygen atoms in total. The average Bonchev–Trinajstić information content (AvgIpc) is 3.54. The van der Waals surface area contributed by atoms with Gasteiger partial charge in [-0.3, -0.25) is 23.7 Å². The minimum absolute atomic E-state index is 0.194. The van der Waals surface area contributed by atoms with Crippen molar-refractivity contribution in [2.45, 2.75) is 0 Å². The van der Waals surface area contributed by atoms with Gasteiger partial charge in [0, 0.05) is 29.0 Å². The monoisotopic (exact) mass is 469 g/mol. The SMILES string of the molecule is O=C(O)C1C(C(=O)Nc2ccc(Cl)cc2)C1C(=O)Nc1ccc(-n2ccccc2=O)cc1F. The number of amides is 2. The highest BCUT2D eigenvalue weighted by Gasteiger charge is 2.63. The Morgan fingerprint density at radius 2 is 1.58 bits per heavy atom. The van der Waals surface area contributed by atoms with Crippen LogP contribution in [0, 0.1) is 23.6 Å². The first-order valence-electron chi connectivity index (χ1n) is 9.84. The van der Waals surface area contributed by atoms with Crippen LogP contribution in [0.5, 0.6) is 0 Å². The normalized spacial score (nSPS) is 18.9. The summed E-state index contributed by atoms with van der Waals surface area (Å²) < 4.78 is 15.8. The van der Waals surface area contributed by atoms with Crippen molar-refractivity contribution in [1.82, 2.24) is 4.57 Å². The van der Waals surface area contributed by atoms with Crippen LogP contribution in [0.3, 0.4) is 0 Å². The summed E-state index contributed by atoms with van der Waals surface area (Å²) in [6.45, 7) is 0. The van der Waals surface area contributed by atoms with Crippen LogP contribution in [-0.2, 0) is 14.4 Å². The number of carbonyl (C=O) groups excluding carboxylic acids is 2. The summed E-state index contributed by atoms with van der Waals surface area (Å²) in [5.41, 5.74) is 0.106. The second kappa shape index (κ2) is 8.87. The molecule has 1 aliphatic rings. The van der Waals surface area contributed by atoms with Crippen LogP contribution in [0.25, 0.3) is 5.69 Å². The Kier molecular flexibility index (Phi) is 5.97. The average molecular weight is 470 g/mol. The fraction of sp³-hybridized carbons (Fsp3) is 0.130. The molecule has 1 aromatic heterocycles. The highest BCUT2D eigenvalue weighted by Crippen LogP contribution is 2.48. The van der Waals surface area contributed by atoms with Gasteiger partial charge in [0.1, 0.15) is 5.82 Å². The highest BCUT2D eigenvalue weighted by molar-refractivity contribution is 6.30. The molecule has 0 aliphatic heterocycles. The summed E-state index contributed by atoms with van der Waals surface area (Å²) in [7, 11) is 0. The number of benzene rings is 2. The van der Waals surface area contributed by atoms with Crippen molar-refractivity contribution in [3.63, 3.8) is 0 Å². The number of pyridine rings is 1. The highest BCUT2D eigenvalue weighted by atomic mass is 35.5. The van der Waals surface area contributed by atoms with Crippen LogP contribution < -0.4 is 16.2 Å². The van der Waals surface area contributed by atoms with Gasteiger partial charge in [-0.2, -0.15) is 0 Å². The van der Waals surface area contributed by atoms with E-state index in [0.29, 0.717) is 10.7 Å². The van der Waals surface area contributed by atoms with Crippen molar-refractivity contribution in [3.05, 3.63) is 88.1 Å². The van der Waals surface area contributed by atoms with Gasteiger partial charge in [0.25, 0.3) is 5.56 Å². The fourth-order valence-electron chi connectivity index (χ4n) is 3.64. The molecule has 4 rings (SSSR count). The number of halogens is 2. The Morgan fingerprint density at radius 3 is 2.18 bits per heavy atom. The van der Waals surface area contributed by atoms with Gasteiger partial charge < -0.3 is 15.7 Å². The molecule has 3 atom stereocenters. The molecule has 0 spiro atoms. The Hall–Kier alpha value is -3.98. The number of rotatable bonds is 6. The third-order valence-corrected chi connectivity index (χ3v) is 5.59. The molecule has 1 fully saturated rings. The smallest absolute Gasteiger partial charge is 0.308 e. The number of carbonyl (C=O) groups is 3. The number of hydrogen-bond acceptors (Lipinski definition) is 4. The minimum atomic E-state index is -1.30. The molecule has 2 amide bonds. The van der Waals surface area contributed by atoms with E-state index in [4.69, 9.17) is 11.6 Å². The lowest BCUT2D eigenvalue weighted by Crippen LogP contribution is -2.21. The number of aromatic nitrogens is 1. The number of aliphatic carboxylic acids is 1. The molecular formula is C23H17ClFN3O5. The summed E-state index contributed by atoms with van der Waals surface area (Å²) in [5, 5.41) is 14.8. The van der Waals surface area contributed by atoms with Crippen molar-refractivity contribution in [3.8, 4) is 5.69 Å². The zero-order chi connectivity index (χ0) is 23.7. The molecule has 1 heterocycles. The molecule has 0 saturated heterocycles. The molecule has 3 unspecified atom stereocenters. The van der Waals surface area contributed by atoms with Gasteiger partial charge in [-0.1, -0.05) is 17.7 Å². The molecule has 33 heavy (non-hydrogen) atoms. The maximum absolute atomic E-state index is 14.6. The van der Waals surface area contributed by atoms with E-state index in [9.17, 15) is 28.7 Å². The van der Waals surface area contributed by atoms with Crippen LogP contribution >= 0.6 is 11.6 Å². The Bertz CT molecular complexity index is 1310. The topological polar surface area (TPSA) is 118 Å². The van der Waals surface area contributed by atoms with Crippen LogP contribution in [0.15, 0.2) is 71.7 Å². The van der Waals surface area contributed by atoms with E-state index in [1.165, 1.54) is 29.0 Å². The van der Waals surface area contributed by atoms with Gasteiger partial charge >= 0.3 is 5.97 Å². The molecule has 168 valence electrons. The van der Waals surface area contributed by atoms with Gasteiger partial charge in [-0.25, -0.2) is 4.39 Å². The van der Waals surface area contributed by atoms with Crippen molar-refractivity contribution >= 4 is 40.8 Å². The van der Waals surface area contributed by atoms with E-state index < -0.39 is 41.4 Å². The van der Waals surface area contributed by atoms with Gasteiger partial charge in [0.05, 0.1) is 29.1 Å². The van der Waals surface area contributed by atoms with Crippen LogP contribution in [0.1, 0.15) is 0 Å². The molecular weight excluding hydrogens is 453 g/mol. The van der Waals surface area contributed by atoms with Gasteiger partial charge in [-0.15, -0.1) is 0 Å². The molecule has 1 saturated carbocycles. The molecule has 3 aromatic rings. The lowest BCUT2D eigenvalue weighted by molar-refractivity contribution is -0.140. The summed E-state index contributed by atoms with van der Waals surface area (Å²) in [4.78, 5) is 48.7. The van der Waals surface area contributed by atoms with Gasteiger partial charge in [-0.05, 0) is 42.5 Å². The minimum Gasteiger partial charge on any atom is -0.481 e. The lowest BCUT2D eigenvalue weighted by Gasteiger charge is -2.10. The Balaban J connectivity index is 1.48. The molecule has 2 aromatic carbocycles. The van der Waals surface area contributed by atoms with Crippen molar-refractivity contribution < 1.29 is 23.9 Å². The fourth-order valence-corrected chi connectivity index (χ4v) is 3.77. The summed E-state index contributed by atoms with van der Waals surface area (Å²) in [5.74, 6) is -7.04. The van der Waals surface area contributed by atoms with Crippen LogP contribution in [-0.4, -0.2) is 27.5 Å². The number of carboxylic acids is 1. The second-order valence-electron chi connectivity index (χ2n) is 7.47.